The molecule has 0 amide bonds. The van der Waals surface area contributed by atoms with Crippen LogP contribution in [0.1, 0.15) is 23.9 Å². The molecule has 0 N–H and O–H groups in total. The zero-order valence-electron chi connectivity index (χ0n) is 15.4. The molecule has 1 aromatic carbocycles. The monoisotopic (exact) mass is 342 g/mol. The lowest BCUT2D eigenvalue weighted by Crippen LogP contribution is -2.16. The van der Waals surface area contributed by atoms with Crippen molar-refractivity contribution in [2.75, 3.05) is 7.05 Å². The Bertz CT molecular complexity index is 1050. The average Bonchev–Trinajstić information content (AvgIpc) is 2.97. The van der Waals surface area contributed by atoms with E-state index in [4.69, 9.17) is 4.98 Å². The van der Waals surface area contributed by atoms with Crippen molar-refractivity contribution in [2.45, 2.75) is 20.4 Å². The number of nitrogens with zero attached hydrogens (tertiary/aromatic N) is 4. The molecule has 1 aliphatic heterocycles. The van der Waals surface area contributed by atoms with Gasteiger partial charge in [-0.3, -0.25) is 0 Å². The van der Waals surface area contributed by atoms with Crippen LogP contribution in [0.15, 0.2) is 72.7 Å². The molecule has 0 saturated carbocycles. The molecule has 2 aromatic heterocycles. The third-order valence-corrected chi connectivity index (χ3v) is 4.75. The molecule has 0 fully saturated rings. The first kappa shape index (κ1) is 16.3. The molecule has 0 atom stereocenters. The van der Waals surface area contributed by atoms with Gasteiger partial charge < -0.3 is 9.47 Å². The van der Waals surface area contributed by atoms with Gasteiger partial charge in [0.05, 0.1) is 6.54 Å². The lowest BCUT2D eigenvalue weighted by molar-refractivity contribution is 0.577. The first-order valence-corrected chi connectivity index (χ1v) is 8.72. The molecule has 0 unspecified atom stereocenters. The lowest BCUT2D eigenvalue weighted by Gasteiger charge is -2.24. The van der Waals surface area contributed by atoms with Gasteiger partial charge in [-0.1, -0.05) is 36.9 Å². The summed E-state index contributed by atoms with van der Waals surface area (Å²) in [4.78, 5) is 11.6. The number of likely N-dealkylation sites (N-methyl/N-ethyl adjacent to an activating group) is 1. The largest absolute Gasteiger partial charge is 0.351 e. The van der Waals surface area contributed by atoms with Gasteiger partial charge in [0.15, 0.2) is 5.65 Å². The SMILES string of the molecule is C=C1C(C)=CC(c2nc3cc(C)cnc3n2Cc2ccccc2)=CN1C. The van der Waals surface area contributed by atoms with Crippen molar-refractivity contribution in [3.05, 3.63) is 89.7 Å². The number of allylic oxidation sites excluding steroid dienone is 3. The minimum absolute atomic E-state index is 0.734. The number of fused-ring (bicyclic) bond motifs is 1. The molecule has 0 bridgehead atoms. The maximum absolute atomic E-state index is 4.92. The lowest BCUT2D eigenvalue weighted by atomic mass is 10.1. The molecule has 4 rings (SSSR count). The molecule has 4 heteroatoms. The molecule has 0 aliphatic carbocycles. The van der Waals surface area contributed by atoms with Crippen LogP contribution in [-0.4, -0.2) is 26.5 Å². The third-order valence-electron chi connectivity index (χ3n) is 4.75. The molecule has 0 radical (unpaired) electrons. The fourth-order valence-corrected chi connectivity index (χ4v) is 3.29. The highest BCUT2D eigenvalue weighted by Crippen LogP contribution is 2.29. The summed E-state index contributed by atoms with van der Waals surface area (Å²) >= 11 is 0. The molecule has 130 valence electrons. The number of rotatable bonds is 3. The van der Waals surface area contributed by atoms with Crippen LogP contribution in [0.25, 0.3) is 16.7 Å². The number of hydrogen-bond donors (Lipinski definition) is 0. The van der Waals surface area contributed by atoms with Gasteiger partial charge in [-0.25, -0.2) is 9.97 Å². The van der Waals surface area contributed by atoms with Gasteiger partial charge in [-0.05, 0) is 42.7 Å². The minimum Gasteiger partial charge on any atom is -0.351 e. The van der Waals surface area contributed by atoms with E-state index >= 15 is 0 Å². The molecule has 1 aliphatic rings. The van der Waals surface area contributed by atoms with E-state index in [-0.39, 0.29) is 0 Å². The Hall–Kier alpha value is -3.14. The van der Waals surface area contributed by atoms with E-state index in [0.717, 1.165) is 45.9 Å². The van der Waals surface area contributed by atoms with Crippen molar-refractivity contribution < 1.29 is 0 Å². The van der Waals surface area contributed by atoms with Crippen molar-refractivity contribution in [3.63, 3.8) is 0 Å². The number of aryl methyl sites for hydroxylation is 1. The van der Waals surface area contributed by atoms with Gasteiger partial charge in [0, 0.05) is 30.7 Å². The van der Waals surface area contributed by atoms with Crippen molar-refractivity contribution in [1.29, 1.82) is 0 Å². The summed E-state index contributed by atoms with van der Waals surface area (Å²) in [6.45, 7) is 8.98. The average molecular weight is 342 g/mol. The molecule has 3 heterocycles. The highest BCUT2D eigenvalue weighted by molar-refractivity contribution is 5.81. The quantitative estimate of drug-likeness (QED) is 0.701. The Labute approximate surface area is 153 Å². The van der Waals surface area contributed by atoms with E-state index < -0.39 is 0 Å². The fourth-order valence-electron chi connectivity index (χ4n) is 3.29. The molecular formula is C22H22N4. The second kappa shape index (κ2) is 6.30. The second-order valence-corrected chi connectivity index (χ2v) is 6.83. The number of benzene rings is 1. The maximum atomic E-state index is 4.92. The zero-order valence-corrected chi connectivity index (χ0v) is 15.4. The summed E-state index contributed by atoms with van der Waals surface area (Å²) in [5.74, 6) is 0.931. The first-order valence-electron chi connectivity index (χ1n) is 8.72. The summed E-state index contributed by atoms with van der Waals surface area (Å²) in [5.41, 5.74) is 7.40. The van der Waals surface area contributed by atoms with E-state index in [1.807, 2.05) is 26.2 Å². The van der Waals surface area contributed by atoms with Crippen molar-refractivity contribution in [1.82, 2.24) is 19.4 Å². The fraction of sp³-hybridized carbons (Fsp3) is 0.182. The molecule has 3 aromatic rings. The Morgan fingerprint density at radius 1 is 1.12 bits per heavy atom. The third kappa shape index (κ3) is 2.84. The van der Waals surface area contributed by atoms with Crippen LogP contribution in [0.3, 0.4) is 0 Å². The summed E-state index contributed by atoms with van der Waals surface area (Å²) < 4.78 is 2.20. The standard InChI is InChI=1S/C22H22N4/c1-15-10-20-22(23-12-15)26(13-18-8-6-5-7-9-18)21(24-20)19-11-16(2)17(3)25(4)14-19/h5-12,14H,3,13H2,1-2,4H3. The minimum atomic E-state index is 0.734. The van der Waals surface area contributed by atoms with Crippen LogP contribution in [0.4, 0.5) is 0 Å². The van der Waals surface area contributed by atoms with Crippen LogP contribution in [0, 0.1) is 6.92 Å². The van der Waals surface area contributed by atoms with Crippen LogP contribution in [0.5, 0.6) is 0 Å². The van der Waals surface area contributed by atoms with Crippen LogP contribution < -0.4 is 0 Å². The molecule has 26 heavy (non-hydrogen) atoms. The van der Waals surface area contributed by atoms with E-state index in [1.54, 1.807) is 0 Å². The van der Waals surface area contributed by atoms with Gasteiger partial charge in [-0.15, -0.1) is 0 Å². The predicted molar refractivity (Wildman–Crippen MR) is 106 cm³/mol. The van der Waals surface area contributed by atoms with Crippen LogP contribution in [0.2, 0.25) is 0 Å². The normalized spacial score (nSPS) is 14.6. The van der Waals surface area contributed by atoms with Gasteiger partial charge in [0.1, 0.15) is 11.3 Å². The summed E-state index contributed by atoms with van der Waals surface area (Å²) in [6, 6.07) is 12.5. The summed E-state index contributed by atoms with van der Waals surface area (Å²) in [6.07, 6.45) is 6.14. The Balaban J connectivity index is 1.90. The molecular weight excluding hydrogens is 320 g/mol. The van der Waals surface area contributed by atoms with E-state index in [1.165, 1.54) is 5.56 Å². The zero-order chi connectivity index (χ0) is 18.3. The first-order chi connectivity index (χ1) is 12.5. The number of aromatic nitrogens is 3. The smallest absolute Gasteiger partial charge is 0.160 e. The van der Waals surface area contributed by atoms with Crippen LogP contribution >= 0.6 is 0 Å². The van der Waals surface area contributed by atoms with Crippen LogP contribution in [-0.2, 0) is 6.54 Å². The Morgan fingerprint density at radius 3 is 2.62 bits per heavy atom. The maximum Gasteiger partial charge on any atom is 0.160 e. The van der Waals surface area contributed by atoms with Gasteiger partial charge in [0.25, 0.3) is 0 Å². The summed E-state index contributed by atoms with van der Waals surface area (Å²) in [5, 5.41) is 0. The molecule has 4 nitrogen and oxygen atoms in total. The number of pyridine rings is 1. The van der Waals surface area contributed by atoms with Crippen molar-refractivity contribution >= 4 is 16.7 Å². The van der Waals surface area contributed by atoms with Gasteiger partial charge in [-0.2, -0.15) is 0 Å². The highest BCUT2D eigenvalue weighted by Gasteiger charge is 2.19. The Kier molecular flexibility index (Phi) is 3.96. The summed E-state index contributed by atoms with van der Waals surface area (Å²) in [7, 11) is 2.02. The second-order valence-electron chi connectivity index (χ2n) is 6.83. The van der Waals surface area contributed by atoms with Crippen molar-refractivity contribution in [2.24, 2.45) is 0 Å². The number of imidazole rings is 1. The van der Waals surface area contributed by atoms with Gasteiger partial charge >= 0.3 is 0 Å². The van der Waals surface area contributed by atoms with E-state index in [9.17, 15) is 0 Å². The molecule has 0 spiro atoms. The Morgan fingerprint density at radius 2 is 1.88 bits per heavy atom. The van der Waals surface area contributed by atoms with E-state index in [2.05, 4.69) is 70.6 Å². The molecule has 0 saturated heterocycles. The van der Waals surface area contributed by atoms with Gasteiger partial charge in [0.2, 0.25) is 0 Å². The topological polar surface area (TPSA) is 34.0 Å². The number of hydrogen-bond acceptors (Lipinski definition) is 3. The van der Waals surface area contributed by atoms with E-state index in [0.29, 0.717) is 0 Å². The highest BCUT2D eigenvalue weighted by atomic mass is 15.1. The van der Waals surface area contributed by atoms with Crippen molar-refractivity contribution in [3.8, 4) is 0 Å². The predicted octanol–water partition coefficient (Wildman–Crippen LogP) is 4.53.